The van der Waals surface area contributed by atoms with Gasteiger partial charge in [0.1, 0.15) is 0 Å². The molecule has 1 atom stereocenters. The van der Waals surface area contributed by atoms with Gasteiger partial charge in [-0.25, -0.2) is 4.67 Å². The molecule has 0 heterocycles. The maximum Gasteiger partial charge on any atom is 0.259 e. The topological polar surface area (TPSA) is 83.8 Å². The van der Waals surface area contributed by atoms with Crippen molar-refractivity contribution in [2.75, 3.05) is 33.5 Å². The summed E-state index contributed by atoms with van der Waals surface area (Å²) in [5.41, 5.74) is 0. The molecule has 1 amide bonds. The third-order valence-electron chi connectivity index (χ3n) is 7.01. The Bertz CT molecular complexity index is 593. The number of carbonyl (C=O) groups excluding carboxylic acids is 1. The summed E-state index contributed by atoms with van der Waals surface area (Å²) in [4.78, 5) is 12.1. The molecule has 0 bridgehead atoms. The molecule has 0 aromatic rings. The van der Waals surface area contributed by atoms with Crippen molar-refractivity contribution >= 4 is 14.4 Å². The molecule has 0 fully saturated rings. The number of carbonyl (C=O) groups is 1. The van der Waals surface area contributed by atoms with Crippen molar-refractivity contribution in [1.82, 2.24) is 9.99 Å². The molecule has 0 rings (SSSR count). The average molecular weight is 586 g/mol. The van der Waals surface area contributed by atoms with Crippen LogP contribution < -0.4 is 5.32 Å². The molecule has 0 spiro atoms. The van der Waals surface area contributed by atoms with Crippen molar-refractivity contribution in [3.63, 3.8) is 0 Å². The second-order valence-electron chi connectivity index (χ2n) is 11.5. The van der Waals surface area contributed by atoms with Crippen molar-refractivity contribution in [2.24, 2.45) is 0 Å². The highest BCUT2D eigenvalue weighted by molar-refractivity contribution is 7.44. The van der Waals surface area contributed by atoms with Gasteiger partial charge in [-0.05, 0) is 53.4 Å². The van der Waals surface area contributed by atoms with Crippen LogP contribution >= 0.6 is 8.53 Å². The van der Waals surface area contributed by atoms with E-state index >= 15 is 0 Å². The molecule has 0 aliphatic carbocycles. The number of ether oxygens (including phenoxy) is 1. The lowest BCUT2D eigenvalue weighted by molar-refractivity contribution is -0.121. The summed E-state index contributed by atoms with van der Waals surface area (Å²) in [6.07, 6.45) is 22.0. The molecule has 1 N–H and O–H groups in total. The first-order valence-electron chi connectivity index (χ1n) is 16.4. The van der Waals surface area contributed by atoms with Crippen LogP contribution in [0.5, 0.6) is 0 Å². The Balaban J connectivity index is 3.60. The largest absolute Gasteiger partial charge is 0.385 e. The van der Waals surface area contributed by atoms with Crippen molar-refractivity contribution in [2.45, 2.75) is 162 Å². The van der Waals surface area contributed by atoms with Crippen LogP contribution in [0.1, 0.15) is 150 Å². The average Bonchev–Trinajstić information content (AvgIpc) is 2.91. The van der Waals surface area contributed by atoms with E-state index in [1.54, 1.807) is 7.11 Å². The van der Waals surface area contributed by atoms with Gasteiger partial charge >= 0.3 is 0 Å². The van der Waals surface area contributed by atoms with Crippen LogP contribution in [-0.2, 0) is 18.6 Å². The van der Waals surface area contributed by atoms with E-state index in [4.69, 9.17) is 19.0 Å². The molecule has 0 aliphatic heterocycles. The van der Waals surface area contributed by atoms with Crippen molar-refractivity contribution < 1.29 is 18.6 Å². The highest BCUT2D eigenvalue weighted by atomic mass is 31.2. The number of rotatable bonds is 30. The zero-order chi connectivity index (χ0) is 29.7. The molecule has 1 unspecified atom stereocenters. The van der Waals surface area contributed by atoms with Crippen molar-refractivity contribution in [3.8, 4) is 6.07 Å². The Morgan fingerprint density at radius 1 is 0.700 bits per heavy atom. The van der Waals surface area contributed by atoms with Crippen LogP contribution in [0.3, 0.4) is 0 Å². The van der Waals surface area contributed by atoms with Crippen LogP contribution in [0.15, 0.2) is 0 Å². The lowest BCUT2D eigenvalue weighted by atomic mass is 10.0. The van der Waals surface area contributed by atoms with Gasteiger partial charge in [0.05, 0.1) is 25.7 Å². The summed E-state index contributed by atoms with van der Waals surface area (Å²) in [6, 6.07) is 2.78. The molecule has 8 heteroatoms. The van der Waals surface area contributed by atoms with Gasteiger partial charge in [-0.3, -0.25) is 4.79 Å². The summed E-state index contributed by atoms with van der Waals surface area (Å²) >= 11 is 0. The molecule has 0 aliphatic rings. The molecular weight excluding hydrogens is 521 g/mol. The first-order chi connectivity index (χ1) is 19.4. The maximum absolute atomic E-state index is 12.1. The fourth-order valence-electron chi connectivity index (χ4n) is 4.83. The van der Waals surface area contributed by atoms with E-state index in [1.807, 2.05) is 0 Å². The van der Waals surface area contributed by atoms with Crippen LogP contribution in [0, 0.1) is 11.3 Å². The predicted molar refractivity (Wildman–Crippen MR) is 169 cm³/mol. The van der Waals surface area contributed by atoms with E-state index < -0.39 is 8.53 Å². The standard InChI is InChI=1S/C32H64N3O4P/c1-30(2)35(31(3)4)40(39-29-23-25-33)38-28-22-18-16-20-26-34-32(36)24-19-15-13-11-9-7-6-8-10-12-14-17-21-27-37-5/h30-31H,6-24,26-29H2,1-5H3,(H,34,36). The van der Waals surface area contributed by atoms with Crippen LogP contribution in [0.2, 0.25) is 0 Å². The smallest absolute Gasteiger partial charge is 0.259 e. The molecule has 40 heavy (non-hydrogen) atoms. The molecule has 0 aromatic heterocycles. The number of nitriles is 1. The summed E-state index contributed by atoms with van der Waals surface area (Å²) in [7, 11) is 0.635. The highest BCUT2D eigenvalue weighted by Gasteiger charge is 2.26. The number of hydrogen-bond donors (Lipinski definition) is 1. The van der Waals surface area contributed by atoms with E-state index in [0.717, 1.165) is 45.3 Å². The van der Waals surface area contributed by atoms with Gasteiger partial charge in [-0.15, -0.1) is 0 Å². The summed E-state index contributed by atoms with van der Waals surface area (Å²) in [5.74, 6) is 0.202. The van der Waals surface area contributed by atoms with Gasteiger partial charge in [0.15, 0.2) is 0 Å². The van der Waals surface area contributed by atoms with E-state index in [0.29, 0.717) is 38.1 Å². The molecule has 0 aromatic carbocycles. The third-order valence-corrected chi connectivity index (χ3v) is 9.12. The van der Waals surface area contributed by atoms with Crippen LogP contribution in [0.4, 0.5) is 0 Å². The number of nitrogens with one attached hydrogen (secondary N) is 1. The third kappa shape index (κ3) is 25.0. The van der Waals surface area contributed by atoms with Gasteiger partial charge in [-0.2, -0.15) is 5.26 Å². The number of hydrogen-bond acceptors (Lipinski definition) is 6. The van der Waals surface area contributed by atoms with Crippen molar-refractivity contribution in [1.29, 1.82) is 5.26 Å². The zero-order valence-corrected chi connectivity index (χ0v) is 27.8. The summed E-state index contributed by atoms with van der Waals surface area (Å²) in [6.45, 7) is 11.4. The lowest BCUT2D eigenvalue weighted by Crippen LogP contribution is -2.33. The Hall–Kier alpha value is -0.770. The van der Waals surface area contributed by atoms with Gasteiger partial charge in [0.25, 0.3) is 8.53 Å². The quantitative estimate of drug-likeness (QED) is 0.0669. The van der Waals surface area contributed by atoms with Crippen LogP contribution in [-0.4, -0.2) is 56.1 Å². The van der Waals surface area contributed by atoms with Gasteiger partial charge in [0.2, 0.25) is 5.91 Å². The van der Waals surface area contributed by atoms with Gasteiger partial charge in [0, 0.05) is 38.8 Å². The fraction of sp³-hybridized carbons (Fsp3) is 0.938. The summed E-state index contributed by atoms with van der Waals surface area (Å²) in [5, 5.41) is 11.9. The molecule has 0 saturated heterocycles. The monoisotopic (exact) mass is 585 g/mol. The molecular formula is C32H64N3O4P. The predicted octanol–water partition coefficient (Wildman–Crippen LogP) is 9.06. The number of methoxy groups -OCH3 is 1. The SMILES string of the molecule is COCCCCCCCCCCCCCCCC(=O)NCCCCCCOP(OCCC#N)N(C(C)C)C(C)C. The molecule has 0 saturated carbocycles. The minimum absolute atomic E-state index is 0.202. The fourth-order valence-corrected chi connectivity index (χ4v) is 6.46. The minimum Gasteiger partial charge on any atom is -0.385 e. The van der Waals surface area contributed by atoms with E-state index in [2.05, 4.69) is 43.8 Å². The van der Waals surface area contributed by atoms with Crippen LogP contribution in [0.25, 0.3) is 0 Å². The van der Waals surface area contributed by atoms with Crippen molar-refractivity contribution in [3.05, 3.63) is 0 Å². The zero-order valence-electron chi connectivity index (χ0n) is 26.9. The lowest BCUT2D eigenvalue weighted by Gasteiger charge is -2.35. The molecule has 236 valence electrons. The van der Waals surface area contributed by atoms with E-state index in [1.165, 1.54) is 77.0 Å². The number of unbranched alkanes of at least 4 members (excludes halogenated alkanes) is 15. The Kier molecular flexibility index (Phi) is 29.1. The maximum atomic E-state index is 12.1. The van der Waals surface area contributed by atoms with E-state index in [-0.39, 0.29) is 5.91 Å². The first-order valence-corrected chi connectivity index (χ1v) is 17.5. The Morgan fingerprint density at radius 3 is 1.65 bits per heavy atom. The molecule has 0 radical (unpaired) electrons. The minimum atomic E-state index is -1.15. The normalized spacial score (nSPS) is 12.4. The number of nitrogens with zero attached hydrogens (tertiary/aromatic N) is 2. The number of amides is 1. The highest BCUT2D eigenvalue weighted by Crippen LogP contribution is 2.46. The second kappa shape index (κ2) is 29.7. The molecule has 7 nitrogen and oxygen atoms in total. The Morgan fingerprint density at radius 2 is 1.15 bits per heavy atom. The summed E-state index contributed by atoms with van der Waals surface area (Å²) < 4.78 is 19.4. The Labute approximate surface area is 249 Å². The van der Waals surface area contributed by atoms with Gasteiger partial charge in [-0.1, -0.05) is 83.5 Å². The van der Waals surface area contributed by atoms with Gasteiger partial charge < -0.3 is 19.1 Å². The van der Waals surface area contributed by atoms with E-state index in [9.17, 15) is 4.79 Å². The first kappa shape index (κ1) is 39.2. The second-order valence-corrected chi connectivity index (χ2v) is 12.9.